The zero-order valence-corrected chi connectivity index (χ0v) is 13.7. The van der Waals surface area contributed by atoms with Crippen LogP contribution >= 0.6 is 0 Å². The molecule has 5 N–H and O–H groups in total. The zero-order valence-electron chi connectivity index (χ0n) is 13.7. The van der Waals surface area contributed by atoms with Crippen LogP contribution in [0.2, 0.25) is 0 Å². The van der Waals surface area contributed by atoms with Gasteiger partial charge in [0.1, 0.15) is 5.75 Å². The van der Waals surface area contributed by atoms with Crippen molar-refractivity contribution in [2.75, 3.05) is 12.8 Å². The number of aromatic amines is 1. The molecule has 2 heterocycles. The lowest BCUT2D eigenvalue weighted by Crippen LogP contribution is -2.16. The predicted octanol–water partition coefficient (Wildman–Crippen LogP) is 2.50. The van der Waals surface area contributed by atoms with Crippen LogP contribution in [0.3, 0.4) is 0 Å². The standard InChI is InChI=1S/C17H17N5O3/c1-9-7-10(24-2)3-4-11(9)15-14(25-17(19)23)8-13(21-15)12-5-6-20-16(18)22-12/h3-8,21H,1-2H3,(H2,19,23)(H2,18,20,22). The molecule has 25 heavy (non-hydrogen) atoms. The summed E-state index contributed by atoms with van der Waals surface area (Å²) in [7, 11) is 1.60. The first kappa shape index (κ1) is 16.3. The molecule has 0 unspecified atom stereocenters. The van der Waals surface area contributed by atoms with Gasteiger partial charge in [-0.1, -0.05) is 0 Å². The minimum atomic E-state index is -0.903. The Balaban J connectivity index is 2.13. The number of carbonyl (C=O) groups is 1. The molecule has 0 aliphatic rings. The van der Waals surface area contributed by atoms with Crippen LogP contribution in [-0.2, 0) is 0 Å². The highest BCUT2D eigenvalue weighted by molar-refractivity contribution is 5.79. The molecule has 8 nitrogen and oxygen atoms in total. The maximum absolute atomic E-state index is 11.3. The molecular formula is C17H17N5O3. The molecule has 0 aliphatic carbocycles. The number of nitrogens with zero attached hydrogens (tertiary/aromatic N) is 2. The van der Waals surface area contributed by atoms with E-state index in [9.17, 15) is 4.79 Å². The van der Waals surface area contributed by atoms with E-state index in [1.807, 2.05) is 25.1 Å². The summed E-state index contributed by atoms with van der Waals surface area (Å²) in [5.41, 5.74) is 14.4. The summed E-state index contributed by atoms with van der Waals surface area (Å²) in [5, 5.41) is 0. The van der Waals surface area contributed by atoms with E-state index < -0.39 is 6.09 Å². The molecule has 3 aromatic rings. The number of hydrogen-bond acceptors (Lipinski definition) is 6. The highest BCUT2D eigenvalue weighted by atomic mass is 16.5. The van der Waals surface area contributed by atoms with Crippen LogP contribution in [0.1, 0.15) is 5.56 Å². The van der Waals surface area contributed by atoms with Crippen molar-refractivity contribution < 1.29 is 14.3 Å². The number of carbonyl (C=O) groups excluding carboxylic acids is 1. The lowest BCUT2D eigenvalue weighted by Gasteiger charge is -2.09. The van der Waals surface area contributed by atoms with Gasteiger partial charge in [-0.2, -0.15) is 0 Å². The number of anilines is 1. The van der Waals surface area contributed by atoms with Crippen LogP contribution in [0.15, 0.2) is 36.5 Å². The number of H-pyrrole nitrogens is 1. The van der Waals surface area contributed by atoms with Crippen molar-refractivity contribution in [3.05, 3.63) is 42.1 Å². The first-order valence-electron chi connectivity index (χ1n) is 7.42. The van der Waals surface area contributed by atoms with Gasteiger partial charge in [0.25, 0.3) is 0 Å². The molecule has 1 aromatic carbocycles. The molecule has 1 amide bonds. The van der Waals surface area contributed by atoms with Gasteiger partial charge in [0, 0.05) is 17.8 Å². The zero-order chi connectivity index (χ0) is 18.0. The molecule has 0 saturated carbocycles. The Morgan fingerprint density at radius 3 is 2.68 bits per heavy atom. The van der Waals surface area contributed by atoms with Crippen LogP contribution < -0.4 is 20.9 Å². The van der Waals surface area contributed by atoms with Crippen LogP contribution in [0.25, 0.3) is 22.6 Å². The predicted molar refractivity (Wildman–Crippen MR) is 93.2 cm³/mol. The second-order valence-electron chi connectivity index (χ2n) is 5.32. The van der Waals surface area contributed by atoms with Crippen molar-refractivity contribution in [3.8, 4) is 34.1 Å². The third-order valence-electron chi connectivity index (χ3n) is 3.65. The van der Waals surface area contributed by atoms with Gasteiger partial charge in [-0.05, 0) is 36.8 Å². The Labute approximate surface area is 143 Å². The Morgan fingerprint density at radius 2 is 2.04 bits per heavy atom. The molecular weight excluding hydrogens is 322 g/mol. The molecule has 0 atom stereocenters. The number of rotatable bonds is 4. The Hall–Kier alpha value is -3.55. The summed E-state index contributed by atoms with van der Waals surface area (Å²) in [6, 6.07) is 8.91. The number of nitrogens with one attached hydrogen (secondary N) is 1. The van der Waals surface area contributed by atoms with Crippen molar-refractivity contribution in [2.24, 2.45) is 5.73 Å². The Morgan fingerprint density at radius 1 is 1.24 bits per heavy atom. The fourth-order valence-electron chi connectivity index (χ4n) is 2.53. The summed E-state index contributed by atoms with van der Waals surface area (Å²) in [5.74, 6) is 1.17. The number of nitrogen functional groups attached to an aromatic ring is 1. The summed E-state index contributed by atoms with van der Waals surface area (Å²) in [6.07, 6.45) is 0.644. The van der Waals surface area contributed by atoms with Gasteiger partial charge >= 0.3 is 6.09 Å². The average Bonchev–Trinajstić information content (AvgIpc) is 2.97. The van der Waals surface area contributed by atoms with E-state index in [1.165, 1.54) is 0 Å². The van der Waals surface area contributed by atoms with Crippen LogP contribution in [0, 0.1) is 6.92 Å². The molecule has 0 fully saturated rings. The number of methoxy groups -OCH3 is 1. The summed E-state index contributed by atoms with van der Waals surface area (Å²) >= 11 is 0. The smallest absolute Gasteiger partial charge is 0.410 e. The maximum atomic E-state index is 11.3. The highest BCUT2D eigenvalue weighted by Gasteiger charge is 2.17. The van der Waals surface area contributed by atoms with Gasteiger partial charge in [-0.3, -0.25) is 0 Å². The molecule has 8 heteroatoms. The van der Waals surface area contributed by atoms with E-state index in [-0.39, 0.29) is 5.95 Å². The first-order chi connectivity index (χ1) is 12.0. The summed E-state index contributed by atoms with van der Waals surface area (Å²) < 4.78 is 10.4. The maximum Gasteiger partial charge on any atom is 0.410 e. The number of aromatic nitrogens is 3. The van der Waals surface area contributed by atoms with Crippen LogP contribution in [0.5, 0.6) is 11.5 Å². The second-order valence-corrected chi connectivity index (χ2v) is 5.32. The van der Waals surface area contributed by atoms with Crippen molar-refractivity contribution in [1.29, 1.82) is 0 Å². The Kier molecular flexibility index (Phi) is 4.25. The third kappa shape index (κ3) is 3.37. The number of ether oxygens (including phenoxy) is 2. The van der Waals surface area contributed by atoms with Crippen LogP contribution in [-0.4, -0.2) is 28.2 Å². The van der Waals surface area contributed by atoms with Gasteiger partial charge < -0.3 is 25.9 Å². The normalized spacial score (nSPS) is 10.5. The van der Waals surface area contributed by atoms with Gasteiger partial charge in [0.2, 0.25) is 5.95 Å². The van der Waals surface area contributed by atoms with Crippen molar-refractivity contribution >= 4 is 12.0 Å². The number of nitrogens with two attached hydrogens (primary N) is 2. The largest absolute Gasteiger partial charge is 0.497 e. The van der Waals surface area contributed by atoms with E-state index in [4.69, 9.17) is 20.9 Å². The second kappa shape index (κ2) is 6.52. The minimum Gasteiger partial charge on any atom is -0.497 e. The number of benzene rings is 1. The first-order valence-corrected chi connectivity index (χ1v) is 7.42. The summed E-state index contributed by atoms with van der Waals surface area (Å²) in [6.45, 7) is 1.93. The topological polar surface area (TPSA) is 129 Å². The SMILES string of the molecule is COc1ccc(-c2[nH]c(-c3ccnc(N)n3)cc2OC(N)=O)c(C)c1. The lowest BCUT2D eigenvalue weighted by atomic mass is 10.1. The molecule has 0 radical (unpaired) electrons. The van der Waals surface area contributed by atoms with E-state index in [2.05, 4.69) is 15.0 Å². The minimum absolute atomic E-state index is 0.145. The van der Waals surface area contributed by atoms with E-state index in [0.717, 1.165) is 16.9 Å². The van der Waals surface area contributed by atoms with Gasteiger partial charge in [0.05, 0.1) is 24.2 Å². The molecule has 0 saturated heterocycles. The van der Waals surface area contributed by atoms with Gasteiger partial charge in [-0.25, -0.2) is 14.8 Å². The molecule has 3 rings (SSSR count). The van der Waals surface area contributed by atoms with Crippen molar-refractivity contribution in [1.82, 2.24) is 15.0 Å². The quantitative estimate of drug-likeness (QED) is 0.669. The molecule has 2 aromatic heterocycles. The molecule has 128 valence electrons. The third-order valence-corrected chi connectivity index (χ3v) is 3.65. The van der Waals surface area contributed by atoms with Crippen molar-refractivity contribution in [2.45, 2.75) is 6.92 Å². The number of aryl methyl sites for hydroxylation is 1. The van der Waals surface area contributed by atoms with Gasteiger partial charge in [-0.15, -0.1) is 0 Å². The van der Waals surface area contributed by atoms with E-state index >= 15 is 0 Å². The fourth-order valence-corrected chi connectivity index (χ4v) is 2.53. The van der Waals surface area contributed by atoms with E-state index in [0.29, 0.717) is 22.8 Å². The monoisotopic (exact) mass is 339 g/mol. The van der Waals surface area contributed by atoms with Crippen molar-refractivity contribution in [3.63, 3.8) is 0 Å². The number of hydrogen-bond donors (Lipinski definition) is 3. The summed E-state index contributed by atoms with van der Waals surface area (Å²) in [4.78, 5) is 22.5. The highest BCUT2D eigenvalue weighted by Crippen LogP contribution is 2.36. The molecule has 0 spiro atoms. The number of amides is 1. The molecule has 0 bridgehead atoms. The lowest BCUT2D eigenvalue weighted by molar-refractivity contribution is 0.211. The Bertz CT molecular complexity index is 936. The fraction of sp³-hybridized carbons (Fsp3) is 0.118. The number of primary amides is 1. The average molecular weight is 339 g/mol. The molecule has 0 aliphatic heterocycles. The van der Waals surface area contributed by atoms with Crippen LogP contribution in [0.4, 0.5) is 10.7 Å². The van der Waals surface area contributed by atoms with Gasteiger partial charge in [0.15, 0.2) is 5.75 Å². The van der Waals surface area contributed by atoms with E-state index in [1.54, 1.807) is 25.4 Å².